The first kappa shape index (κ1) is 27.4. The summed E-state index contributed by atoms with van der Waals surface area (Å²) in [5.41, 5.74) is 0. The van der Waals surface area contributed by atoms with Gasteiger partial charge in [-0.2, -0.15) is 0 Å². The molecule has 0 aromatic heterocycles. The molecule has 5 aliphatic rings. The van der Waals surface area contributed by atoms with Gasteiger partial charge in [0.05, 0.1) is 6.04 Å². The molecule has 0 aromatic carbocycles. The summed E-state index contributed by atoms with van der Waals surface area (Å²) in [6, 6.07) is -1.47. The van der Waals surface area contributed by atoms with E-state index in [0.29, 0.717) is 18.8 Å². The second kappa shape index (κ2) is 12.0. The lowest BCUT2D eigenvalue weighted by molar-refractivity contribution is -0.152. The zero-order chi connectivity index (χ0) is 26.8. The van der Waals surface area contributed by atoms with E-state index in [1.165, 1.54) is 12.8 Å². The number of fused-ring (bicyclic) bond motifs is 1. The van der Waals surface area contributed by atoms with Gasteiger partial charge in [-0.15, -0.1) is 0 Å². The van der Waals surface area contributed by atoms with E-state index in [4.69, 9.17) is 4.99 Å². The van der Waals surface area contributed by atoms with Crippen LogP contribution in [-0.2, 0) is 14.4 Å². The highest BCUT2D eigenvalue weighted by Crippen LogP contribution is 2.41. The predicted molar refractivity (Wildman–Crippen MR) is 147 cm³/mol. The molecular formula is C30H48N4O4. The molecule has 2 aliphatic heterocycles. The van der Waals surface area contributed by atoms with Crippen LogP contribution in [0.2, 0.25) is 0 Å². The summed E-state index contributed by atoms with van der Waals surface area (Å²) in [5.74, 6) is 0.0332. The Bertz CT molecular complexity index is 910. The smallest absolute Gasteiger partial charge is 0.326 e. The van der Waals surface area contributed by atoms with Crippen LogP contribution in [0.15, 0.2) is 4.99 Å². The van der Waals surface area contributed by atoms with Gasteiger partial charge in [0.1, 0.15) is 18.1 Å². The van der Waals surface area contributed by atoms with Gasteiger partial charge in [-0.1, -0.05) is 64.7 Å². The number of likely N-dealkylation sites (tertiary alicyclic amines) is 1. The zero-order valence-corrected chi connectivity index (χ0v) is 23.5. The fourth-order valence-corrected chi connectivity index (χ4v) is 8.14. The minimum atomic E-state index is -0.900. The number of guanidine groups is 1. The molecule has 2 unspecified atom stereocenters. The molecule has 0 spiro atoms. The van der Waals surface area contributed by atoms with Gasteiger partial charge in [0.25, 0.3) is 5.91 Å². The van der Waals surface area contributed by atoms with E-state index in [0.717, 1.165) is 83.5 Å². The molecule has 2 amide bonds. The Hall–Kier alpha value is -2.12. The summed E-state index contributed by atoms with van der Waals surface area (Å²) < 4.78 is 0. The SMILES string of the molecule is CCCC1C(=O)N(C2CCCCC2)C(=NC2CCCCC2)N1[C@@H](C)C(=O)N1C(C(=O)O)C[C@@H]2CCCC[C@@H]21. The zero-order valence-electron chi connectivity index (χ0n) is 23.5. The molecule has 3 saturated carbocycles. The third-order valence-corrected chi connectivity index (χ3v) is 10.1. The third-order valence-electron chi connectivity index (χ3n) is 10.1. The van der Waals surface area contributed by atoms with Crippen molar-refractivity contribution < 1.29 is 19.5 Å². The van der Waals surface area contributed by atoms with Gasteiger partial charge in [0.15, 0.2) is 0 Å². The van der Waals surface area contributed by atoms with E-state index >= 15 is 0 Å². The van der Waals surface area contributed by atoms with E-state index in [1.807, 2.05) is 16.7 Å². The Balaban J connectivity index is 1.50. The topological polar surface area (TPSA) is 93.5 Å². The second-order valence-electron chi connectivity index (χ2n) is 12.6. The van der Waals surface area contributed by atoms with Crippen LogP contribution in [0.5, 0.6) is 0 Å². The minimum absolute atomic E-state index is 0.00379. The number of nitrogens with zero attached hydrogens (tertiary/aromatic N) is 4. The highest BCUT2D eigenvalue weighted by atomic mass is 16.4. The lowest BCUT2D eigenvalue weighted by Gasteiger charge is -2.39. The largest absolute Gasteiger partial charge is 0.480 e. The van der Waals surface area contributed by atoms with Crippen LogP contribution in [0, 0.1) is 5.92 Å². The standard InChI is InChI=1S/C30H48N4O4/c1-3-12-25-28(36)33(23-16-8-5-9-17-23)30(31-22-14-6-4-7-15-22)32(25)20(2)27(35)34-24-18-11-10-13-21(24)19-26(34)29(37)38/h20-26H,3-19H2,1-2H3,(H,37,38)/t20-,21-,24-,25?,26?/m0/s1. The average molecular weight is 529 g/mol. The van der Waals surface area contributed by atoms with Crippen LogP contribution in [-0.4, -0.2) is 79.8 Å². The van der Waals surface area contributed by atoms with Crippen molar-refractivity contribution in [1.29, 1.82) is 0 Å². The number of carboxylic acid groups (broad SMARTS) is 1. The molecular weight excluding hydrogens is 480 g/mol. The number of hydrogen-bond acceptors (Lipinski definition) is 4. The fourth-order valence-electron chi connectivity index (χ4n) is 8.14. The van der Waals surface area contributed by atoms with Gasteiger partial charge in [0.2, 0.25) is 11.9 Å². The Morgan fingerprint density at radius 1 is 0.947 bits per heavy atom. The second-order valence-corrected chi connectivity index (χ2v) is 12.6. The summed E-state index contributed by atoms with van der Waals surface area (Å²) in [4.78, 5) is 51.7. The van der Waals surface area contributed by atoms with Crippen molar-refractivity contribution in [3.8, 4) is 0 Å². The molecule has 0 radical (unpaired) electrons. The number of hydrogen-bond donors (Lipinski definition) is 1. The molecule has 0 aromatic rings. The van der Waals surface area contributed by atoms with Crippen LogP contribution < -0.4 is 0 Å². The number of amides is 2. The highest BCUT2D eigenvalue weighted by Gasteiger charge is 2.53. The Morgan fingerprint density at radius 2 is 1.58 bits per heavy atom. The van der Waals surface area contributed by atoms with Crippen molar-refractivity contribution in [3.63, 3.8) is 0 Å². The quantitative estimate of drug-likeness (QED) is 0.504. The van der Waals surface area contributed by atoms with Gasteiger partial charge >= 0.3 is 5.97 Å². The van der Waals surface area contributed by atoms with Gasteiger partial charge in [-0.05, 0) is 64.2 Å². The van der Waals surface area contributed by atoms with Crippen molar-refractivity contribution in [2.24, 2.45) is 10.9 Å². The summed E-state index contributed by atoms with van der Waals surface area (Å²) in [6.45, 7) is 3.99. The molecule has 1 N–H and O–H groups in total. The van der Waals surface area contributed by atoms with E-state index in [-0.39, 0.29) is 35.9 Å². The molecule has 2 heterocycles. The number of carboxylic acids is 1. The number of rotatable bonds is 7. The normalized spacial score (nSPS) is 33.2. The number of carbonyl (C=O) groups excluding carboxylic acids is 2. The molecule has 5 fully saturated rings. The van der Waals surface area contributed by atoms with Gasteiger partial charge in [-0.3, -0.25) is 14.5 Å². The summed E-state index contributed by atoms with van der Waals surface area (Å²) in [5, 5.41) is 10.1. The molecule has 2 saturated heterocycles. The molecule has 3 aliphatic carbocycles. The molecule has 38 heavy (non-hydrogen) atoms. The van der Waals surface area contributed by atoms with E-state index in [9.17, 15) is 19.5 Å². The lowest BCUT2D eigenvalue weighted by Crippen LogP contribution is -2.56. The molecule has 212 valence electrons. The number of aliphatic carboxylic acids is 1. The van der Waals surface area contributed by atoms with Crippen molar-refractivity contribution in [1.82, 2.24) is 14.7 Å². The highest BCUT2D eigenvalue weighted by molar-refractivity contribution is 6.08. The monoisotopic (exact) mass is 528 g/mol. The fraction of sp³-hybridized carbons (Fsp3) is 0.867. The van der Waals surface area contributed by atoms with Crippen molar-refractivity contribution in [2.75, 3.05) is 0 Å². The predicted octanol–water partition coefficient (Wildman–Crippen LogP) is 4.95. The van der Waals surface area contributed by atoms with Gasteiger partial charge in [0, 0.05) is 12.1 Å². The van der Waals surface area contributed by atoms with Crippen LogP contribution in [0.1, 0.15) is 123 Å². The first-order valence-corrected chi connectivity index (χ1v) is 15.7. The van der Waals surface area contributed by atoms with Crippen molar-refractivity contribution in [3.05, 3.63) is 0 Å². The molecule has 5 rings (SSSR count). The first-order valence-electron chi connectivity index (χ1n) is 15.7. The first-order chi connectivity index (χ1) is 18.4. The molecule has 8 nitrogen and oxygen atoms in total. The van der Waals surface area contributed by atoms with E-state index in [2.05, 4.69) is 6.92 Å². The van der Waals surface area contributed by atoms with E-state index in [1.54, 1.807) is 4.90 Å². The maximum atomic E-state index is 14.3. The van der Waals surface area contributed by atoms with Gasteiger partial charge < -0.3 is 14.9 Å². The van der Waals surface area contributed by atoms with Crippen LogP contribution in [0.4, 0.5) is 0 Å². The average Bonchev–Trinajstić information content (AvgIpc) is 3.45. The molecule has 0 bridgehead atoms. The minimum Gasteiger partial charge on any atom is -0.480 e. The van der Waals surface area contributed by atoms with E-state index < -0.39 is 24.1 Å². The van der Waals surface area contributed by atoms with Crippen LogP contribution in [0.25, 0.3) is 0 Å². The van der Waals surface area contributed by atoms with Gasteiger partial charge in [-0.25, -0.2) is 9.79 Å². The maximum absolute atomic E-state index is 14.3. The number of aliphatic imine (C=N–C) groups is 1. The summed E-state index contributed by atoms with van der Waals surface area (Å²) >= 11 is 0. The lowest BCUT2D eigenvalue weighted by atomic mass is 9.84. The van der Waals surface area contributed by atoms with Crippen LogP contribution in [0.3, 0.4) is 0 Å². The Labute approximate surface area is 228 Å². The summed E-state index contributed by atoms with van der Waals surface area (Å²) in [6.07, 6.45) is 17.1. The van der Waals surface area contributed by atoms with Crippen LogP contribution >= 0.6 is 0 Å². The van der Waals surface area contributed by atoms with Crippen molar-refractivity contribution >= 4 is 23.7 Å². The Morgan fingerprint density at radius 3 is 2.24 bits per heavy atom. The maximum Gasteiger partial charge on any atom is 0.326 e. The van der Waals surface area contributed by atoms with Crippen molar-refractivity contribution in [2.45, 2.75) is 159 Å². The third kappa shape index (κ3) is 5.21. The summed E-state index contributed by atoms with van der Waals surface area (Å²) in [7, 11) is 0. The molecule has 5 atom stereocenters. The molecule has 8 heteroatoms. The Kier molecular flexibility index (Phi) is 8.63. The number of carbonyl (C=O) groups is 3.